The molecular formula is C17H18F3N3O2. The molecule has 0 atom stereocenters. The number of aryl methyl sites for hydroxylation is 1. The molecule has 0 saturated carbocycles. The maximum absolute atomic E-state index is 12.7. The van der Waals surface area contributed by atoms with Gasteiger partial charge in [0, 0.05) is 50.4 Å². The number of amides is 2. The van der Waals surface area contributed by atoms with Crippen molar-refractivity contribution in [2.24, 2.45) is 5.41 Å². The van der Waals surface area contributed by atoms with Gasteiger partial charge in [-0.3, -0.25) is 14.6 Å². The second-order valence-corrected chi connectivity index (χ2v) is 6.73. The lowest BCUT2D eigenvalue weighted by Gasteiger charge is -2.60. The lowest BCUT2D eigenvalue weighted by Crippen LogP contribution is -2.73. The quantitative estimate of drug-likeness (QED) is 0.777. The number of aromatic nitrogens is 1. The van der Waals surface area contributed by atoms with Gasteiger partial charge in [-0.25, -0.2) is 0 Å². The van der Waals surface area contributed by atoms with Crippen molar-refractivity contribution in [1.29, 1.82) is 0 Å². The number of halogens is 3. The van der Waals surface area contributed by atoms with E-state index in [4.69, 9.17) is 0 Å². The Labute approximate surface area is 143 Å². The van der Waals surface area contributed by atoms with Crippen molar-refractivity contribution in [2.45, 2.75) is 19.0 Å². The minimum Gasteiger partial charge on any atom is -0.341 e. The van der Waals surface area contributed by atoms with E-state index in [2.05, 4.69) is 11.6 Å². The molecule has 8 heteroatoms. The van der Waals surface area contributed by atoms with Crippen LogP contribution in [-0.4, -0.2) is 52.8 Å². The summed E-state index contributed by atoms with van der Waals surface area (Å²) < 4.78 is 38.0. The number of pyridine rings is 1. The van der Waals surface area contributed by atoms with Crippen LogP contribution >= 0.6 is 0 Å². The van der Waals surface area contributed by atoms with E-state index in [9.17, 15) is 22.8 Å². The van der Waals surface area contributed by atoms with E-state index in [0.29, 0.717) is 31.7 Å². The molecule has 0 bridgehead atoms. The van der Waals surface area contributed by atoms with Crippen molar-refractivity contribution in [3.63, 3.8) is 0 Å². The predicted molar refractivity (Wildman–Crippen MR) is 83.4 cm³/mol. The van der Waals surface area contributed by atoms with Crippen LogP contribution in [0.4, 0.5) is 13.2 Å². The molecule has 2 saturated heterocycles. The molecule has 3 heterocycles. The number of carbonyl (C=O) groups is 2. The molecule has 3 rings (SSSR count). The summed E-state index contributed by atoms with van der Waals surface area (Å²) in [4.78, 5) is 30.6. The molecule has 25 heavy (non-hydrogen) atoms. The first-order chi connectivity index (χ1) is 11.7. The van der Waals surface area contributed by atoms with E-state index in [1.54, 1.807) is 9.80 Å². The number of rotatable bonds is 4. The lowest BCUT2D eigenvalue weighted by molar-refractivity contribution is -0.165. The monoisotopic (exact) mass is 353 g/mol. The third kappa shape index (κ3) is 3.52. The fourth-order valence-electron chi connectivity index (χ4n) is 3.38. The number of alkyl halides is 3. The van der Waals surface area contributed by atoms with Crippen LogP contribution in [0, 0.1) is 5.41 Å². The molecule has 0 aromatic carbocycles. The van der Waals surface area contributed by atoms with Crippen LogP contribution in [0.1, 0.15) is 17.5 Å². The van der Waals surface area contributed by atoms with Gasteiger partial charge < -0.3 is 9.80 Å². The van der Waals surface area contributed by atoms with Crippen molar-refractivity contribution >= 4 is 11.8 Å². The zero-order valence-electron chi connectivity index (χ0n) is 13.6. The van der Waals surface area contributed by atoms with Crippen LogP contribution < -0.4 is 0 Å². The van der Waals surface area contributed by atoms with Gasteiger partial charge >= 0.3 is 6.18 Å². The highest BCUT2D eigenvalue weighted by Crippen LogP contribution is 2.40. The maximum atomic E-state index is 12.7. The molecule has 0 N–H and O–H groups in total. The summed E-state index contributed by atoms with van der Waals surface area (Å²) in [6, 6.07) is 1.03. The lowest BCUT2D eigenvalue weighted by atomic mass is 9.72. The Morgan fingerprint density at radius 1 is 1.20 bits per heavy atom. The fraction of sp³-hybridized carbons (Fsp3) is 0.471. The summed E-state index contributed by atoms with van der Waals surface area (Å²) in [5.74, 6) is -0.191. The predicted octanol–water partition coefficient (Wildman–Crippen LogP) is 1.89. The highest BCUT2D eigenvalue weighted by Gasteiger charge is 2.53. The Morgan fingerprint density at radius 2 is 1.84 bits per heavy atom. The van der Waals surface area contributed by atoms with Crippen molar-refractivity contribution in [1.82, 2.24) is 14.8 Å². The van der Waals surface area contributed by atoms with E-state index in [1.807, 2.05) is 0 Å². The molecular weight excluding hydrogens is 335 g/mol. The fourth-order valence-corrected chi connectivity index (χ4v) is 3.38. The van der Waals surface area contributed by atoms with E-state index >= 15 is 0 Å². The average molecular weight is 353 g/mol. The first-order valence-electron chi connectivity index (χ1n) is 7.93. The Balaban J connectivity index is 1.46. The van der Waals surface area contributed by atoms with Crippen molar-refractivity contribution in [2.75, 3.05) is 26.2 Å². The average Bonchev–Trinajstić information content (AvgIpc) is 2.49. The van der Waals surface area contributed by atoms with Gasteiger partial charge in [0.05, 0.1) is 5.56 Å². The molecule has 2 aliphatic heterocycles. The summed E-state index contributed by atoms with van der Waals surface area (Å²) in [5, 5.41) is 0. The molecule has 5 nitrogen and oxygen atoms in total. The topological polar surface area (TPSA) is 53.5 Å². The van der Waals surface area contributed by atoms with Gasteiger partial charge in [-0.1, -0.05) is 6.58 Å². The highest BCUT2D eigenvalue weighted by atomic mass is 19.4. The second kappa shape index (κ2) is 6.16. The van der Waals surface area contributed by atoms with E-state index in [0.717, 1.165) is 12.3 Å². The molecule has 1 aromatic heterocycles. The summed E-state index contributed by atoms with van der Waals surface area (Å²) >= 11 is 0. The van der Waals surface area contributed by atoms with Gasteiger partial charge in [-0.2, -0.15) is 13.2 Å². The number of hydrogen-bond acceptors (Lipinski definition) is 3. The summed E-state index contributed by atoms with van der Waals surface area (Å²) in [5.41, 5.74) is -0.418. The number of carbonyl (C=O) groups excluding carboxylic acids is 2. The van der Waals surface area contributed by atoms with Crippen LogP contribution in [-0.2, 0) is 22.2 Å². The number of likely N-dealkylation sites (tertiary alicyclic amines) is 2. The highest BCUT2D eigenvalue weighted by molar-refractivity contribution is 5.88. The molecule has 1 spiro atoms. The molecule has 0 radical (unpaired) electrons. The van der Waals surface area contributed by atoms with Crippen molar-refractivity contribution in [3.05, 3.63) is 42.2 Å². The van der Waals surface area contributed by atoms with Gasteiger partial charge in [0.15, 0.2) is 0 Å². The van der Waals surface area contributed by atoms with Crippen LogP contribution in [0.15, 0.2) is 31.1 Å². The molecule has 2 fully saturated rings. The Bertz CT molecular complexity index is 703. The summed E-state index contributed by atoms with van der Waals surface area (Å²) in [6.07, 6.45) is -0.662. The normalized spacial score (nSPS) is 18.5. The third-order valence-electron chi connectivity index (χ3n) is 4.69. The first kappa shape index (κ1) is 17.4. The van der Waals surface area contributed by atoms with E-state index in [1.165, 1.54) is 12.3 Å². The Morgan fingerprint density at radius 3 is 2.44 bits per heavy atom. The Hall–Kier alpha value is -2.38. The van der Waals surface area contributed by atoms with Crippen LogP contribution in [0.2, 0.25) is 0 Å². The Kier molecular flexibility index (Phi) is 4.30. The second-order valence-electron chi connectivity index (χ2n) is 6.73. The maximum Gasteiger partial charge on any atom is 0.417 e. The molecule has 2 aliphatic rings. The van der Waals surface area contributed by atoms with Gasteiger partial charge in [0.1, 0.15) is 0 Å². The summed E-state index contributed by atoms with van der Waals surface area (Å²) in [7, 11) is 0. The van der Waals surface area contributed by atoms with E-state index in [-0.39, 0.29) is 30.1 Å². The molecule has 134 valence electrons. The first-order valence-corrected chi connectivity index (χ1v) is 7.93. The van der Waals surface area contributed by atoms with Gasteiger partial charge in [-0.15, -0.1) is 0 Å². The SMILES string of the molecule is C=CC(=O)N1CC2(C1)CN(C(=O)CCc1cncc(C(F)(F)F)c1)C2. The zero-order chi connectivity index (χ0) is 18.2. The smallest absolute Gasteiger partial charge is 0.341 e. The molecule has 1 aromatic rings. The van der Waals surface area contributed by atoms with Crippen LogP contribution in [0.25, 0.3) is 0 Å². The molecule has 0 unspecified atom stereocenters. The minimum atomic E-state index is -4.43. The van der Waals surface area contributed by atoms with Crippen molar-refractivity contribution in [3.8, 4) is 0 Å². The van der Waals surface area contributed by atoms with Gasteiger partial charge in [-0.05, 0) is 24.1 Å². The largest absolute Gasteiger partial charge is 0.417 e. The van der Waals surface area contributed by atoms with Gasteiger partial charge in [0.25, 0.3) is 0 Å². The third-order valence-corrected chi connectivity index (χ3v) is 4.69. The molecule has 0 aliphatic carbocycles. The zero-order valence-corrected chi connectivity index (χ0v) is 13.6. The standard InChI is InChI=1S/C17H18F3N3O2/c1-2-14(24)22-8-16(9-22)10-23(11-16)15(25)4-3-12-5-13(7-21-6-12)17(18,19)20/h2,5-7H,1,3-4,8-11H2. The minimum absolute atomic E-state index is 0.00785. The number of hydrogen-bond donors (Lipinski definition) is 0. The van der Waals surface area contributed by atoms with Crippen LogP contribution in [0.5, 0.6) is 0 Å². The van der Waals surface area contributed by atoms with E-state index < -0.39 is 11.7 Å². The van der Waals surface area contributed by atoms with Crippen LogP contribution in [0.3, 0.4) is 0 Å². The van der Waals surface area contributed by atoms with Crippen molar-refractivity contribution < 1.29 is 22.8 Å². The van der Waals surface area contributed by atoms with Gasteiger partial charge in [0.2, 0.25) is 11.8 Å². The molecule has 2 amide bonds. The summed E-state index contributed by atoms with van der Waals surface area (Å²) in [6.45, 7) is 5.87. The number of nitrogens with zero attached hydrogens (tertiary/aromatic N) is 3.